The van der Waals surface area contributed by atoms with Gasteiger partial charge in [-0.2, -0.15) is 4.68 Å². The maximum Gasteiger partial charge on any atom is 1.00 e. The summed E-state index contributed by atoms with van der Waals surface area (Å²) in [7, 11) is -2.13. The van der Waals surface area contributed by atoms with E-state index in [4.69, 9.17) is 0 Å². The van der Waals surface area contributed by atoms with Crippen LogP contribution in [0.3, 0.4) is 0 Å². The minimum absolute atomic E-state index is 0. The molecule has 0 saturated carbocycles. The number of aromatic nitrogens is 2. The van der Waals surface area contributed by atoms with Crippen LogP contribution < -0.4 is 4.68 Å². The third kappa shape index (κ3) is 3.89. The van der Waals surface area contributed by atoms with Crippen molar-refractivity contribution in [2.45, 2.75) is 19.4 Å². The Hall–Kier alpha value is -0.880. The van der Waals surface area contributed by atoms with Gasteiger partial charge in [0.2, 0.25) is 0 Å². The number of unbranched alkanes of at least 4 members (excludes halogenated alkanes) is 1. The van der Waals surface area contributed by atoms with Crippen LogP contribution >= 0.6 is 0 Å². The first kappa shape index (κ1) is 11.2. The molecule has 0 N–H and O–H groups in total. The monoisotopic (exact) mass is 219 g/mol. The highest BCUT2D eigenvalue weighted by atomic mass is 32.2. The maximum atomic E-state index is 10.3. The summed E-state index contributed by atoms with van der Waals surface area (Å²) in [5.41, 5.74) is 0. The molecule has 0 aromatic carbocycles. The number of hydrogen-bond acceptors (Lipinski definition) is 3. The molecule has 0 amide bonds. The van der Waals surface area contributed by atoms with Gasteiger partial charge in [0.25, 0.3) is 0 Å². The fourth-order valence-corrected chi connectivity index (χ4v) is 1.80. The van der Waals surface area contributed by atoms with E-state index < -0.39 is 10.1 Å². The van der Waals surface area contributed by atoms with Gasteiger partial charge in [-0.3, -0.25) is 0 Å². The average Bonchev–Trinajstić information content (AvgIpc) is 2.44. The van der Waals surface area contributed by atoms with Crippen LogP contribution in [0.1, 0.15) is 14.3 Å². The Kier molecular flexibility index (Phi) is 3.65. The highest BCUT2D eigenvalue weighted by Gasteiger charge is 2.01. The topological polar surface area (TPSA) is 66.0 Å². The van der Waals surface area contributed by atoms with E-state index in [0.717, 1.165) is 6.54 Å². The third-order valence-corrected chi connectivity index (χ3v) is 2.79. The molecule has 0 atom stereocenters. The molecular weight excluding hydrogens is 204 g/mol. The van der Waals surface area contributed by atoms with E-state index in [1.807, 2.05) is 34.9 Å². The summed E-state index contributed by atoms with van der Waals surface area (Å²) in [5, 5.41) is 0. The van der Waals surface area contributed by atoms with Gasteiger partial charge in [0.05, 0.1) is 22.9 Å². The first-order valence-electron chi connectivity index (χ1n) is 4.44. The van der Waals surface area contributed by atoms with Crippen LogP contribution in [-0.2, 0) is 23.7 Å². The Balaban J connectivity index is 0.00000196. The van der Waals surface area contributed by atoms with Gasteiger partial charge in [0.1, 0.15) is 0 Å². The van der Waals surface area contributed by atoms with Crippen LogP contribution in [0, 0.1) is 0 Å². The normalized spacial score (nSPS) is 11.9. The zero-order valence-corrected chi connectivity index (χ0v) is 8.90. The molecule has 1 heterocycles. The standard InChI is InChI=1S/C8H14N2O3S/c1-9-5-4-7-10(9)6-2-3-8-14(11,12)13/h4-5,7H,2-3,6,8H2,1H3/p+1. The molecule has 0 radical (unpaired) electrons. The summed E-state index contributed by atoms with van der Waals surface area (Å²) < 4.78 is 34.7. The van der Waals surface area contributed by atoms with E-state index in [2.05, 4.69) is 0 Å². The van der Waals surface area contributed by atoms with Crippen molar-refractivity contribution in [1.29, 1.82) is 0 Å². The second-order valence-electron chi connectivity index (χ2n) is 3.20. The zero-order chi connectivity index (χ0) is 10.6. The summed E-state index contributed by atoms with van der Waals surface area (Å²) in [6.45, 7) is 0.735. The molecule has 0 spiro atoms. The number of rotatable bonds is 5. The minimum Gasteiger partial charge on any atom is -0.748 e. The summed E-state index contributed by atoms with van der Waals surface area (Å²) in [4.78, 5) is 0. The van der Waals surface area contributed by atoms with Crippen LogP contribution in [0.25, 0.3) is 0 Å². The van der Waals surface area contributed by atoms with Crippen LogP contribution in [-0.4, -0.2) is 23.4 Å². The van der Waals surface area contributed by atoms with E-state index in [0.29, 0.717) is 12.8 Å². The van der Waals surface area contributed by atoms with Gasteiger partial charge in [-0.1, -0.05) is 0 Å². The largest absolute Gasteiger partial charge is 1.00 e. The molecule has 0 saturated heterocycles. The quantitative estimate of drug-likeness (QED) is 0.389. The molecular formula is C8H15N2O3S+. The first-order chi connectivity index (χ1) is 6.49. The second kappa shape index (κ2) is 4.56. The van der Waals surface area contributed by atoms with Crippen LogP contribution in [0.15, 0.2) is 18.5 Å². The molecule has 0 unspecified atom stereocenters. The molecule has 0 aliphatic heterocycles. The summed E-state index contributed by atoms with van der Waals surface area (Å²) in [5.74, 6) is -0.266. The predicted molar refractivity (Wildman–Crippen MR) is 50.5 cm³/mol. The van der Waals surface area contributed by atoms with Crippen molar-refractivity contribution in [3.8, 4) is 0 Å². The Morgan fingerprint density at radius 3 is 2.71 bits per heavy atom. The van der Waals surface area contributed by atoms with Crippen molar-refractivity contribution in [3.63, 3.8) is 0 Å². The fraction of sp³-hybridized carbons (Fsp3) is 0.625. The lowest BCUT2D eigenvalue weighted by atomic mass is 10.3. The van der Waals surface area contributed by atoms with Crippen molar-refractivity contribution in [1.82, 2.24) is 4.68 Å². The Bertz CT molecular complexity index is 388. The van der Waals surface area contributed by atoms with Gasteiger partial charge in [-0.15, -0.1) is 4.68 Å². The molecule has 1 aromatic rings. The van der Waals surface area contributed by atoms with Crippen LogP contribution in [0.4, 0.5) is 0 Å². The van der Waals surface area contributed by atoms with E-state index in [1.165, 1.54) is 0 Å². The van der Waals surface area contributed by atoms with Gasteiger partial charge in [0, 0.05) is 11.8 Å². The van der Waals surface area contributed by atoms with Gasteiger partial charge in [-0.05, 0) is 12.8 Å². The minimum atomic E-state index is -4.04. The van der Waals surface area contributed by atoms with Crippen molar-refractivity contribution < 1.29 is 19.1 Å². The van der Waals surface area contributed by atoms with Gasteiger partial charge < -0.3 is 4.55 Å². The van der Waals surface area contributed by atoms with Gasteiger partial charge >= 0.3 is 1.43 Å². The summed E-state index contributed by atoms with van der Waals surface area (Å²) in [6.07, 6.45) is 4.93. The molecule has 5 nitrogen and oxygen atoms in total. The van der Waals surface area contributed by atoms with E-state index in [-0.39, 0.29) is 7.18 Å². The molecule has 0 fully saturated rings. The summed E-state index contributed by atoms with van der Waals surface area (Å²) >= 11 is 0. The predicted octanol–water partition coefficient (Wildman–Crippen LogP) is -0.249. The fourth-order valence-electron chi connectivity index (χ4n) is 1.24. The van der Waals surface area contributed by atoms with E-state index in [1.54, 1.807) is 0 Å². The highest BCUT2D eigenvalue weighted by molar-refractivity contribution is 7.85. The Morgan fingerprint density at radius 2 is 2.21 bits per heavy atom. The number of aryl methyl sites for hydroxylation is 2. The van der Waals surface area contributed by atoms with Crippen molar-refractivity contribution in [3.05, 3.63) is 18.5 Å². The molecule has 1 aromatic heterocycles. The van der Waals surface area contributed by atoms with Gasteiger partial charge in [-0.25, -0.2) is 8.42 Å². The van der Waals surface area contributed by atoms with Crippen molar-refractivity contribution in [2.75, 3.05) is 5.75 Å². The Morgan fingerprint density at radius 1 is 1.50 bits per heavy atom. The second-order valence-corrected chi connectivity index (χ2v) is 4.72. The van der Waals surface area contributed by atoms with Gasteiger partial charge in [0.15, 0.2) is 13.2 Å². The lowest BCUT2D eigenvalue weighted by molar-refractivity contribution is -0.753. The zero-order valence-electron chi connectivity index (χ0n) is 9.09. The highest BCUT2D eigenvalue weighted by Crippen LogP contribution is 1.96. The van der Waals surface area contributed by atoms with Crippen molar-refractivity contribution in [2.24, 2.45) is 7.05 Å². The Labute approximate surface area is 85.2 Å². The maximum absolute atomic E-state index is 10.3. The number of hydrogen-bond donors (Lipinski definition) is 0. The SMILES string of the molecule is C[n+]1cccn1CCCCS(=O)(=O)[O-].[H+]. The van der Waals surface area contributed by atoms with Crippen LogP contribution in [0.5, 0.6) is 0 Å². The molecule has 1 rings (SSSR count). The average molecular weight is 219 g/mol. The lowest BCUT2D eigenvalue weighted by Gasteiger charge is -2.05. The first-order valence-corrected chi connectivity index (χ1v) is 6.01. The van der Waals surface area contributed by atoms with Crippen LogP contribution in [0.2, 0.25) is 0 Å². The molecule has 0 bridgehead atoms. The smallest absolute Gasteiger partial charge is 0.748 e. The van der Waals surface area contributed by atoms with Crippen molar-refractivity contribution >= 4 is 10.1 Å². The summed E-state index contributed by atoms with van der Waals surface area (Å²) in [6, 6.07) is 1.91. The molecule has 0 aliphatic rings. The third-order valence-electron chi connectivity index (χ3n) is 2.00. The number of nitrogens with zero attached hydrogens (tertiary/aromatic N) is 2. The lowest BCUT2D eigenvalue weighted by Crippen LogP contribution is -2.37. The molecule has 80 valence electrons. The molecule has 0 aliphatic carbocycles. The molecule has 6 heteroatoms. The molecule has 14 heavy (non-hydrogen) atoms. The van der Waals surface area contributed by atoms with E-state index in [9.17, 15) is 13.0 Å². The van der Waals surface area contributed by atoms with E-state index >= 15 is 0 Å².